The van der Waals surface area contributed by atoms with E-state index in [9.17, 15) is 4.79 Å². The molecule has 1 fully saturated rings. The zero-order valence-corrected chi connectivity index (χ0v) is 17.6. The van der Waals surface area contributed by atoms with Gasteiger partial charge in [0.25, 0.3) is 0 Å². The highest BCUT2D eigenvalue weighted by Crippen LogP contribution is 2.24. The highest BCUT2D eigenvalue weighted by molar-refractivity contribution is 5.85. The number of rotatable bonds is 6. The molecule has 154 valence electrons. The van der Waals surface area contributed by atoms with Crippen molar-refractivity contribution >= 4 is 18.3 Å². The molecule has 0 aliphatic carbocycles. The zero-order valence-electron chi connectivity index (χ0n) is 16.8. The quantitative estimate of drug-likeness (QED) is 0.792. The molecule has 2 aromatic rings. The van der Waals surface area contributed by atoms with Crippen LogP contribution in [0.3, 0.4) is 0 Å². The summed E-state index contributed by atoms with van der Waals surface area (Å²) in [7, 11) is 0. The van der Waals surface area contributed by atoms with E-state index in [0.29, 0.717) is 24.8 Å². The van der Waals surface area contributed by atoms with Crippen LogP contribution in [-0.2, 0) is 4.79 Å². The van der Waals surface area contributed by atoms with Gasteiger partial charge in [-0.15, -0.1) is 12.4 Å². The number of piperazine rings is 1. The van der Waals surface area contributed by atoms with Crippen molar-refractivity contribution in [2.75, 3.05) is 26.2 Å². The number of aromatic nitrogens is 2. The first kappa shape index (κ1) is 22.3. The molecule has 2 heterocycles. The highest BCUT2D eigenvalue weighted by atomic mass is 35.5. The van der Waals surface area contributed by atoms with Crippen molar-refractivity contribution in [2.24, 2.45) is 5.73 Å². The molecule has 2 atom stereocenters. The van der Waals surface area contributed by atoms with Gasteiger partial charge in [0.1, 0.15) is 0 Å². The van der Waals surface area contributed by atoms with Crippen molar-refractivity contribution in [1.82, 2.24) is 19.9 Å². The Morgan fingerprint density at radius 1 is 1.21 bits per heavy atom. The molecule has 0 bridgehead atoms. The highest BCUT2D eigenvalue weighted by Gasteiger charge is 2.29. The molecule has 8 heteroatoms. The minimum atomic E-state index is -0.382. The number of amides is 1. The number of carbonyl (C=O) groups is 1. The number of nitrogens with zero attached hydrogens (tertiary/aromatic N) is 4. The Balaban J connectivity index is 0.00000280. The molecule has 0 saturated carbocycles. The van der Waals surface area contributed by atoms with Gasteiger partial charge in [0, 0.05) is 31.7 Å². The van der Waals surface area contributed by atoms with Gasteiger partial charge in [-0.25, -0.2) is 0 Å². The third kappa shape index (κ3) is 5.10. The minimum absolute atomic E-state index is 0. The van der Waals surface area contributed by atoms with E-state index in [1.807, 2.05) is 43.0 Å². The van der Waals surface area contributed by atoms with Crippen LogP contribution in [0.1, 0.15) is 44.2 Å². The summed E-state index contributed by atoms with van der Waals surface area (Å²) < 4.78 is 5.51. The second-order valence-electron chi connectivity index (χ2n) is 7.25. The van der Waals surface area contributed by atoms with E-state index in [2.05, 4.69) is 22.0 Å². The van der Waals surface area contributed by atoms with Crippen molar-refractivity contribution < 1.29 is 9.32 Å². The fourth-order valence-corrected chi connectivity index (χ4v) is 3.38. The molecule has 2 unspecified atom stereocenters. The van der Waals surface area contributed by atoms with Crippen LogP contribution in [0.5, 0.6) is 0 Å². The van der Waals surface area contributed by atoms with Crippen molar-refractivity contribution in [3.8, 4) is 11.4 Å². The molecule has 1 aromatic carbocycles. The van der Waals surface area contributed by atoms with E-state index in [1.54, 1.807) is 0 Å². The van der Waals surface area contributed by atoms with Crippen molar-refractivity contribution in [3.63, 3.8) is 0 Å². The summed E-state index contributed by atoms with van der Waals surface area (Å²) >= 11 is 0. The summed E-state index contributed by atoms with van der Waals surface area (Å²) in [5.74, 6) is 1.27. The normalized spacial score (nSPS) is 17.1. The van der Waals surface area contributed by atoms with Gasteiger partial charge in [-0.3, -0.25) is 9.69 Å². The Morgan fingerprint density at radius 3 is 2.46 bits per heavy atom. The molecular formula is C20H30ClN5O2. The number of benzene rings is 1. The van der Waals surface area contributed by atoms with E-state index >= 15 is 0 Å². The number of hydrogen-bond donors (Lipinski definition) is 1. The Hall–Kier alpha value is -1.96. The van der Waals surface area contributed by atoms with E-state index in [4.69, 9.17) is 10.3 Å². The van der Waals surface area contributed by atoms with Gasteiger partial charge in [0.05, 0.1) is 12.1 Å². The number of nitrogens with two attached hydrogens (primary N) is 1. The Labute approximate surface area is 172 Å². The fraction of sp³-hybridized carbons (Fsp3) is 0.550. The first-order valence-electron chi connectivity index (χ1n) is 9.68. The smallest absolute Gasteiger partial charge is 0.244 e. The SMILES string of the molecule is CCCC(N)C(=O)N1CCN(C(C)c2nc(-c3ccc(C)cc3)no2)CC1.Cl. The second kappa shape index (κ2) is 10.0. The Morgan fingerprint density at radius 2 is 1.86 bits per heavy atom. The second-order valence-corrected chi connectivity index (χ2v) is 7.25. The van der Waals surface area contributed by atoms with Crippen LogP contribution in [0.15, 0.2) is 28.8 Å². The maximum Gasteiger partial charge on any atom is 0.244 e. The predicted molar refractivity (Wildman–Crippen MR) is 111 cm³/mol. The van der Waals surface area contributed by atoms with Crippen LogP contribution in [0, 0.1) is 6.92 Å². The first-order valence-corrected chi connectivity index (χ1v) is 9.68. The van der Waals surface area contributed by atoms with Gasteiger partial charge in [0.15, 0.2) is 0 Å². The van der Waals surface area contributed by atoms with E-state index in [-0.39, 0.29) is 30.4 Å². The van der Waals surface area contributed by atoms with Crippen molar-refractivity contribution in [2.45, 2.75) is 45.7 Å². The van der Waals surface area contributed by atoms with Crippen LogP contribution in [0.4, 0.5) is 0 Å². The molecule has 7 nitrogen and oxygen atoms in total. The first-order chi connectivity index (χ1) is 13.0. The van der Waals surface area contributed by atoms with Gasteiger partial charge < -0.3 is 15.2 Å². The van der Waals surface area contributed by atoms with Crippen LogP contribution in [0.25, 0.3) is 11.4 Å². The number of aryl methyl sites for hydroxylation is 1. The zero-order chi connectivity index (χ0) is 19.4. The van der Waals surface area contributed by atoms with Gasteiger partial charge >= 0.3 is 0 Å². The average Bonchev–Trinajstić information content (AvgIpc) is 3.18. The summed E-state index contributed by atoms with van der Waals surface area (Å²) in [6.45, 7) is 9.06. The standard InChI is InChI=1S/C20H29N5O2.ClH/c1-4-5-17(21)20(26)25-12-10-24(11-13-25)15(3)19-22-18(23-27-19)16-8-6-14(2)7-9-16;/h6-9,15,17H,4-5,10-13,21H2,1-3H3;1H. The summed E-state index contributed by atoms with van der Waals surface area (Å²) in [4.78, 5) is 21.1. The predicted octanol–water partition coefficient (Wildman–Crippen LogP) is 2.80. The molecule has 1 aliphatic heterocycles. The summed E-state index contributed by atoms with van der Waals surface area (Å²) in [6.07, 6.45) is 1.66. The Bertz CT molecular complexity index is 756. The lowest BCUT2D eigenvalue weighted by atomic mass is 10.1. The van der Waals surface area contributed by atoms with E-state index in [1.165, 1.54) is 5.56 Å². The summed E-state index contributed by atoms with van der Waals surface area (Å²) in [6, 6.07) is 7.70. The molecular weight excluding hydrogens is 378 g/mol. The summed E-state index contributed by atoms with van der Waals surface area (Å²) in [5, 5.41) is 4.13. The van der Waals surface area contributed by atoms with Gasteiger partial charge in [0.2, 0.25) is 17.6 Å². The third-order valence-electron chi connectivity index (χ3n) is 5.20. The van der Waals surface area contributed by atoms with Crippen molar-refractivity contribution in [3.05, 3.63) is 35.7 Å². The molecule has 2 N–H and O–H groups in total. The average molecular weight is 408 g/mol. The molecule has 0 spiro atoms. The van der Waals surface area contributed by atoms with Crippen molar-refractivity contribution in [1.29, 1.82) is 0 Å². The number of hydrogen-bond acceptors (Lipinski definition) is 6. The molecule has 28 heavy (non-hydrogen) atoms. The van der Waals surface area contributed by atoms with Gasteiger partial charge in [-0.2, -0.15) is 4.98 Å². The van der Waals surface area contributed by atoms with E-state index in [0.717, 1.165) is 31.5 Å². The number of carbonyl (C=O) groups excluding carboxylic acids is 1. The molecule has 0 radical (unpaired) electrons. The van der Waals surface area contributed by atoms with Crippen LogP contribution < -0.4 is 5.73 Å². The maximum absolute atomic E-state index is 12.4. The molecule has 3 rings (SSSR count). The minimum Gasteiger partial charge on any atom is -0.339 e. The monoisotopic (exact) mass is 407 g/mol. The lowest BCUT2D eigenvalue weighted by molar-refractivity contribution is -0.134. The topological polar surface area (TPSA) is 88.5 Å². The largest absolute Gasteiger partial charge is 0.339 e. The summed E-state index contributed by atoms with van der Waals surface area (Å²) in [5.41, 5.74) is 8.12. The lowest BCUT2D eigenvalue weighted by Gasteiger charge is -2.37. The van der Waals surface area contributed by atoms with Crippen LogP contribution in [-0.4, -0.2) is 58.1 Å². The van der Waals surface area contributed by atoms with Gasteiger partial charge in [-0.1, -0.05) is 48.3 Å². The van der Waals surface area contributed by atoms with Crippen LogP contribution >= 0.6 is 12.4 Å². The van der Waals surface area contributed by atoms with E-state index < -0.39 is 0 Å². The molecule has 1 saturated heterocycles. The molecule has 1 aromatic heterocycles. The maximum atomic E-state index is 12.4. The fourth-order valence-electron chi connectivity index (χ4n) is 3.38. The third-order valence-corrected chi connectivity index (χ3v) is 5.20. The molecule has 1 amide bonds. The van der Waals surface area contributed by atoms with Crippen LogP contribution in [0.2, 0.25) is 0 Å². The molecule has 1 aliphatic rings. The Kier molecular flexibility index (Phi) is 7.98. The van der Waals surface area contributed by atoms with Gasteiger partial charge in [-0.05, 0) is 20.3 Å². The number of halogens is 1. The lowest BCUT2D eigenvalue weighted by Crippen LogP contribution is -2.53.